The second kappa shape index (κ2) is 15.2. The van der Waals surface area contributed by atoms with Gasteiger partial charge in [0.1, 0.15) is 17.3 Å². The van der Waals surface area contributed by atoms with Crippen LogP contribution >= 0.6 is 11.6 Å². The standard InChI is InChI=1S/C32H41ClO5/c1-3-7-26-19-28(34)18-24(14-10-22-8-5-6-9-22)29(32(26)37)21-30(35)25(20-31(36)38-4-2)15-11-23-12-16-27(33)17-13-23/h5-6,8,12-13,16-17,24-26,29H,3-4,7,9-11,14-15,18-21H2,1-2H3. The molecule has 4 atom stereocenters. The number of esters is 1. The van der Waals surface area contributed by atoms with Crippen molar-refractivity contribution in [3.05, 3.63) is 58.7 Å². The largest absolute Gasteiger partial charge is 0.466 e. The summed E-state index contributed by atoms with van der Waals surface area (Å²) in [6, 6.07) is 7.47. The topological polar surface area (TPSA) is 77.5 Å². The summed E-state index contributed by atoms with van der Waals surface area (Å²) in [5.41, 5.74) is 2.33. The van der Waals surface area contributed by atoms with Gasteiger partial charge in [0.15, 0.2) is 0 Å². The highest BCUT2D eigenvalue weighted by atomic mass is 35.5. The minimum atomic E-state index is -0.538. The van der Waals surface area contributed by atoms with Crippen LogP contribution < -0.4 is 0 Å². The zero-order chi connectivity index (χ0) is 27.5. The summed E-state index contributed by atoms with van der Waals surface area (Å²) in [5, 5.41) is 0.645. The maximum atomic E-state index is 13.7. The normalized spacial score (nSPS) is 22.2. The van der Waals surface area contributed by atoms with Crippen molar-refractivity contribution < 1.29 is 23.9 Å². The van der Waals surface area contributed by atoms with Gasteiger partial charge in [-0.15, -0.1) is 0 Å². The zero-order valence-electron chi connectivity index (χ0n) is 22.8. The Balaban J connectivity index is 1.78. The number of benzene rings is 1. The van der Waals surface area contributed by atoms with Gasteiger partial charge in [0, 0.05) is 42.0 Å². The van der Waals surface area contributed by atoms with Crippen LogP contribution in [0.5, 0.6) is 0 Å². The molecular weight excluding hydrogens is 500 g/mol. The number of halogens is 1. The van der Waals surface area contributed by atoms with E-state index in [0.29, 0.717) is 30.7 Å². The Morgan fingerprint density at radius 3 is 2.47 bits per heavy atom. The number of Topliss-reactive ketones (excluding diaryl/α,β-unsaturated/α-hetero) is 3. The number of aryl methyl sites for hydroxylation is 1. The first-order valence-corrected chi connectivity index (χ1v) is 14.5. The maximum absolute atomic E-state index is 13.7. The van der Waals surface area contributed by atoms with Gasteiger partial charge in [0.05, 0.1) is 13.0 Å². The molecule has 0 bridgehead atoms. The Hall–Kier alpha value is -2.53. The molecule has 1 aromatic carbocycles. The van der Waals surface area contributed by atoms with Crippen molar-refractivity contribution in [1.82, 2.24) is 0 Å². The summed E-state index contributed by atoms with van der Waals surface area (Å²) in [6.45, 7) is 4.02. The highest BCUT2D eigenvalue weighted by molar-refractivity contribution is 6.30. The van der Waals surface area contributed by atoms with Crippen molar-refractivity contribution in [2.75, 3.05) is 6.61 Å². The van der Waals surface area contributed by atoms with Crippen LogP contribution in [-0.4, -0.2) is 29.9 Å². The van der Waals surface area contributed by atoms with Crippen LogP contribution in [0.1, 0.15) is 83.6 Å². The number of ketones is 3. The first-order chi connectivity index (χ1) is 18.3. The molecule has 2 aliphatic carbocycles. The van der Waals surface area contributed by atoms with Gasteiger partial charge in [0.2, 0.25) is 0 Å². The molecule has 38 heavy (non-hydrogen) atoms. The van der Waals surface area contributed by atoms with E-state index in [1.807, 2.05) is 37.3 Å². The van der Waals surface area contributed by atoms with Crippen LogP contribution in [0, 0.1) is 23.7 Å². The molecule has 206 valence electrons. The summed E-state index contributed by atoms with van der Waals surface area (Å²) in [5.74, 6) is -1.79. The molecule has 0 aliphatic heterocycles. The minimum Gasteiger partial charge on any atom is -0.466 e. The van der Waals surface area contributed by atoms with Gasteiger partial charge in [0.25, 0.3) is 0 Å². The van der Waals surface area contributed by atoms with Crippen molar-refractivity contribution in [3.8, 4) is 0 Å². The van der Waals surface area contributed by atoms with E-state index in [1.165, 1.54) is 5.57 Å². The highest BCUT2D eigenvalue weighted by Gasteiger charge is 2.40. The Kier molecular flexibility index (Phi) is 12.0. The van der Waals surface area contributed by atoms with Crippen LogP contribution in [0.3, 0.4) is 0 Å². The average molecular weight is 541 g/mol. The fraction of sp³-hybridized carbons (Fsp3) is 0.562. The molecule has 6 heteroatoms. The molecule has 0 spiro atoms. The van der Waals surface area contributed by atoms with Gasteiger partial charge >= 0.3 is 5.97 Å². The molecule has 1 saturated carbocycles. The van der Waals surface area contributed by atoms with Crippen LogP contribution in [-0.2, 0) is 30.3 Å². The lowest BCUT2D eigenvalue weighted by atomic mass is 9.75. The minimum absolute atomic E-state index is 0.00170. The number of carbonyl (C=O) groups is 4. The number of carbonyl (C=O) groups excluding carboxylic acids is 4. The average Bonchev–Trinajstić information content (AvgIpc) is 3.38. The van der Waals surface area contributed by atoms with Crippen LogP contribution in [0.4, 0.5) is 0 Å². The van der Waals surface area contributed by atoms with Crippen LogP contribution in [0.15, 0.2) is 48.1 Å². The van der Waals surface area contributed by atoms with Crippen molar-refractivity contribution in [2.24, 2.45) is 23.7 Å². The van der Waals surface area contributed by atoms with E-state index in [-0.39, 0.29) is 55.1 Å². The summed E-state index contributed by atoms with van der Waals surface area (Å²) >= 11 is 6.01. The maximum Gasteiger partial charge on any atom is 0.306 e. The molecule has 4 unspecified atom stereocenters. The molecule has 3 rings (SSSR count). The van der Waals surface area contributed by atoms with E-state index < -0.39 is 17.8 Å². The Morgan fingerprint density at radius 2 is 1.82 bits per heavy atom. The van der Waals surface area contributed by atoms with E-state index in [4.69, 9.17) is 16.3 Å². The lowest BCUT2D eigenvalue weighted by Gasteiger charge is -2.27. The van der Waals surface area contributed by atoms with Crippen molar-refractivity contribution >= 4 is 34.9 Å². The molecule has 0 heterocycles. The molecule has 0 saturated heterocycles. The van der Waals surface area contributed by atoms with E-state index >= 15 is 0 Å². The fourth-order valence-electron chi connectivity index (χ4n) is 5.81. The summed E-state index contributed by atoms with van der Waals surface area (Å²) in [6.07, 6.45) is 12.0. The third-order valence-corrected chi connectivity index (χ3v) is 8.16. The zero-order valence-corrected chi connectivity index (χ0v) is 23.5. The number of hydrogen-bond acceptors (Lipinski definition) is 5. The van der Waals surface area contributed by atoms with Gasteiger partial charge in [-0.3, -0.25) is 19.2 Å². The molecule has 1 fully saturated rings. The van der Waals surface area contributed by atoms with E-state index in [1.54, 1.807) is 6.92 Å². The third-order valence-electron chi connectivity index (χ3n) is 7.91. The molecule has 0 amide bonds. The number of hydrogen-bond donors (Lipinski definition) is 0. The first-order valence-electron chi connectivity index (χ1n) is 14.1. The number of rotatable bonds is 14. The van der Waals surface area contributed by atoms with E-state index in [2.05, 4.69) is 12.2 Å². The summed E-state index contributed by atoms with van der Waals surface area (Å²) in [7, 11) is 0. The molecule has 5 nitrogen and oxygen atoms in total. The lowest BCUT2D eigenvalue weighted by Crippen LogP contribution is -2.32. The van der Waals surface area contributed by atoms with Crippen molar-refractivity contribution in [3.63, 3.8) is 0 Å². The summed E-state index contributed by atoms with van der Waals surface area (Å²) < 4.78 is 5.17. The van der Waals surface area contributed by atoms with Gasteiger partial charge in [-0.25, -0.2) is 0 Å². The second-order valence-corrected chi connectivity index (χ2v) is 11.2. The lowest BCUT2D eigenvalue weighted by molar-refractivity contribution is -0.146. The summed E-state index contributed by atoms with van der Waals surface area (Å²) in [4.78, 5) is 52.8. The number of allylic oxidation sites excluding steroid dienone is 4. The highest BCUT2D eigenvalue weighted by Crippen LogP contribution is 2.37. The van der Waals surface area contributed by atoms with Crippen LogP contribution in [0.25, 0.3) is 0 Å². The van der Waals surface area contributed by atoms with Gasteiger partial charge in [-0.2, -0.15) is 0 Å². The molecule has 2 aliphatic rings. The van der Waals surface area contributed by atoms with Crippen molar-refractivity contribution in [1.29, 1.82) is 0 Å². The van der Waals surface area contributed by atoms with Crippen LogP contribution in [0.2, 0.25) is 5.02 Å². The van der Waals surface area contributed by atoms with E-state index in [0.717, 1.165) is 31.2 Å². The Morgan fingerprint density at radius 1 is 1.05 bits per heavy atom. The quantitative estimate of drug-likeness (QED) is 0.187. The molecular formula is C32H41ClO5. The SMILES string of the molecule is CCCC1CC(=O)CC(CCC2=CC=CC2)C(CC(=O)C(CCc2ccc(Cl)cc2)CC(=O)OCC)C1=O. The first kappa shape index (κ1) is 30.0. The number of ether oxygens (including phenoxy) is 1. The Bertz CT molecular complexity index is 1040. The molecule has 0 radical (unpaired) electrons. The molecule has 0 aromatic heterocycles. The fourth-order valence-corrected chi connectivity index (χ4v) is 5.94. The predicted molar refractivity (Wildman–Crippen MR) is 150 cm³/mol. The van der Waals surface area contributed by atoms with Gasteiger partial charge in [-0.1, -0.05) is 60.9 Å². The van der Waals surface area contributed by atoms with E-state index in [9.17, 15) is 19.2 Å². The van der Waals surface area contributed by atoms with Gasteiger partial charge in [-0.05, 0) is 69.1 Å². The molecule has 1 aromatic rings. The monoisotopic (exact) mass is 540 g/mol. The third kappa shape index (κ3) is 9.04. The second-order valence-electron chi connectivity index (χ2n) is 10.7. The Labute approximate surface area is 232 Å². The van der Waals surface area contributed by atoms with Crippen molar-refractivity contribution in [2.45, 2.75) is 84.5 Å². The molecule has 0 N–H and O–H groups in total. The predicted octanol–water partition coefficient (Wildman–Crippen LogP) is 7.05. The van der Waals surface area contributed by atoms with Gasteiger partial charge < -0.3 is 4.74 Å². The smallest absolute Gasteiger partial charge is 0.306 e.